The summed E-state index contributed by atoms with van der Waals surface area (Å²) in [5.41, 5.74) is 1.29. The van der Waals surface area contributed by atoms with Gasteiger partial charge in [0.15, 0.2) is 0 Å². The molecule has 0 saturated carbocycles. The average Bonchev–Trinajstić information content (AvgIpc) is 2.40. The molecule has 0 aromatic carbocycles. The molecule has 3 nitrogen and oxygen atoms in total. The molecule has 0 radical (unpaired) electrons. The summed E-state index contributed by atoms with van der Waals surface area (Å²) in [4.78, 5) is 17.4. The third kappa shape index (κ3) is 3.16. The molecule has 1 saturated heterocycles. The molecule has 0 atom stereocenters. The van der Waals surface area contributed by atoms with Crippen LogP contribution < -0.4 is 0 Å². The molecule has 1 aromatic heterocycles. The number of hydrogen-bond acceptors (Lipinski definition) is 2. The summed E-state index contributed by atoms with van der Waals surface area (Å²) < 4.78 is 0. The highest BCUT2D eigenvalue weighted by Gasteiger charge is 2.21. The number of piperidine rings is 1. The lowest BCUT2D eigenvalue weighted by Crippen LogP contribution is -2.37. The molecule has 2 rings (SSSR count). The number of nitrogens with zero attached hydrogens (tertiary/aromatic N) is 2. The Morgan fingerprint density at radius 1 is 1.53 bits per heavy atom. The smallest absolute Gasteiger partial charge is 0.245 e. The highest BCUT2D eigenvalue weighted by atomic mass is 16.2. The molecule has 3 heteroatoms. The summed E-state index contributed by atoms with van der Waals surface area (Å²) in [7, 11) is 0. The number of carbonyl (C=O) groups excluding carboxylic acids is 1. The van der Waals surface area contributed by atoms with E-state index in [1.807, 2.05) is 17.2 Å². The van der Waals surface area contributed by atoms with E-state index in [1.165, 1.54) is 11.6 Å². The summed E-state index contributed by atoms with van der Waals surface area (Å²) in [6, 6.07) is 4.10. The minimum Gasteiger partial charge on any atom is -0.339 e. The van der Waals surface area contributed by atoms with Crippen molar-refractivity contribution in [2.75, 3.05) is 13.1 Å². The Bertz CT molecular complexity index is 380. The van der Waals surface area contributed by atoms with Gasteiger partial charge in [0.1, 0.15) is 0 Å². The van der Waals surface area contributed by atoms with E-state index in [-0.39, 0.29) is 5.91 Å². The molecule has 0 spiro atoms. The van der Waals surface area contributed by atoms with E-state index in [2.05, 4.69) is 17.6 Å². The maximum atomic E-state index is 11.4. The molecule has 0 bridgehead atoms. The first-order valence-corrected chi connectivity index (χ1v) is 6.10. The Labute approximate surface area is 102 Å². The van der Waals surface area contributed by atoms with Crippen molar-refractivity contribution in [2.45, 2.75) is 19.3 Å². The Hall–Kier alpha value is -1.64. The van der Waals surface area contributed by atoms with Gasteiger partial charge in [-0.2, -0.15) is 0 Å². The van der Waals surface area contributed by atoms with Crippen LogP contribution in [0.3, 0.4) is 0 Å². The SMILES string of the molecule is C=CC(=O)N1CCC(Cc2cccnc2)CC1. The number of likely N-dealkylation sites (tertiary alicyclic amines) is 1. The lowest BCUT2D eigenvalue weighted by molar-refractivity contribution is -0.127. The van der Waals surface area contributed by atoms with E-state index in [9.17, 15) is 4.79 Å². The lowest BCUT2D eigenvalue weighted by Gasteiger charge is -2.31. The topological polar surface area (TPSA) is 33.2 Å². The van der Waals surface area contributed by atoms with Gasteiger partial charge in [-0.25, -0.2) is 0 Å². The monoisotopic (exact) mass is 230 g/mol. The highest BCUT2D eigenvalue weighted by molar-refractivity contribution is 5.87. The zero-order chi connectivity index (χ0) is 12.1. The molecule has 17 heavy (non-hydrogen) atoms. The molecular weight excluding hydrogens is 212 g/mol. The number of pyridine rings is 1. The Kier molecular flexibility index (Phi) is 3.91. The van der Waals surface area contributed by atoms with Gasteiger partial charge < -0.3 is 4.90 Å². The fraction of sp³-hybridized carbons (Fsp3) is 0.429. The molecule has 1 fully saturated rings. The molecular formula is C14H18N2O. The summed E-state index contributed by atoms with van der Waals surface area (Å²) in [5.74, 6) is 0.734. The van der Waals surface area contributed by atoms with Crippen molar-refractivity contribution in [1.82, 2.24) is 9.88 Å². The van der Waals surface area contributed by atoms with E-state index >= 15 is 0 Å². The zero-order valence-electron chi connectivity index (χ0n) is 10.0. The van der Waals surface area contributed by atoms with E-state index in [1.54, 1.807) is 6.20 Å². The van der Waals surface area contributed by atoms with E-state index in [0.717, 1.165) is 32.4 Å². The fourth-order valence-electron chi connectivity index (χ4n) is 2.34. The summed E-state index contributed by atoms with van der Waals surface area (Å²) >= 11 is 0. The third-order valence-corrected chi connectivity index (χ3v) is 3.35. The first kappa shape index (κ1) is 11.8. The van der Waals surface area contributed by atoms with Crippen molar-refractivity contribution in [3.63, 3.8) is 0 Å². The van der Waals surface area contributed by atoms with Crippen LogP contribution >= 0.6 is 0 Å². The van der Waals surface area contributed by atoms with Crippen LogP contribution in [0.4, 0.5) is 0 Å². The second kappa shape index (κ2) is 5.62. The number of carbonyl (C=O) groups is 1. The lowest BCUT2D eigenvalue weighted by atomic mass is 9.91. The van der Waals surface area contributed by atoms with Crippen LogP contribution in [0.15, 0.2) is 37.2 Å². The maximum Gasteiger partial charge on any atom is 0.245 e. The number of hydrogen-bond donors (Lipinski definition) is 0. The Morgan fingerprint density at radius 2 is 2.29 bits per heavy atom. The van der Waals surface area contributed by atoms with Crippen molar-refractivity contribution in [3.05, 3.63) is 42.7 Å². The van der Waals surface area contributed by atoms with Gasteiger partial charge in [-0.3, -0.25) is 9.78 Å². The van der Waals surface area contributed by atoms with Crippen LogP contribution in [-0.2, 0) is 11.2 Å². The summed E-state index contributed by atoms with van der Waals surface area (Å²) in [5, 5.41) is 0. The second-order valence-electron chi connectivity index (χ2n) is 4.54. The quantitative estimate of drug-likeness (QED) is 0.745. The minimum absolute atomic E-state index is 0.0600. The Balaban J connectivity index is 1.83. The van der Waals surface area contributed by atoms with Gasteiger partial charge in [0, 0.05) is 25.5 Å². The highest BCUT2D eigenvalue weighted by Crippen LogP contribution is 2.21. The maximum absolute atomic E-state index is 11.4. The molecule has 1 aliphatic rings. The molecule has 1 aliphatic heterocycles. The molecule has 0 unspecified atom stereocenters. The molecule has 1 aromatic rings. The fourth-order valence-corrected chi connectivity index (χ4v) is 2.34. The summed E-state index contributed by atoms with van der Waals surface area (Å²) in [6.07, 6.45) is 8.37. The van der Waals surface area contributed by atoms with Crippen molar-refractivity contribution in [2.24, 2.45) is 5.92 Å². The molecule has 90 valence electrons. The van der Waals surface area contributed by atoms with Crippen LogP contribution in [-0.4, -0.2) is 28.9 Å². The van der Waals surface area contributed by atoms with Crippen molar-refractivity contribution < 1.29 is 4.79 Å². The van der Waals surface area contributed by atoms with Gasteiger partial charge in [-0.15, -0.1) is 0 Å². The largest absolute Gasteiger partial charge is 0.339 e. The first-order valence-electron chi connectivity index (χ1n) is 6.10. The average molecular weight is 230 g/mol. The van der Waals surface area contributed by atoms with Gasteiger partial charge in [-0.05, 0) is 42.9 Å². The first-order chi connectivity index (χ1) is 8.29. The van der Waals surface area contributed by atoms with Crippen LogP contribution in [0.25, 0.3) is 0 Å². The van der Waals surface area contributed by atoms with Gasteiger partial charge in [-0.1, -0.05) is 12.6 Å². The number of amides is 1. The normalized spacial score (nSPS) is 16.8. The minimum atomic E-state index is 0.0600. The third-order valence-electron chi connectivity index (χ3n) is 3.35. The standard InChI is InChI=1S/C14H18N2O/c1-2-14(17)16-8-5-12(6-9-16)10-13-4-3-7-15-11-13/h2-4,7,11-12H,1,5-6,8-10H2. The van der Waals surface area contributed by atoms with Crippen molar-refractivity contribution >= 4 is 5.91 Å². The molecule has 0 N–H and O–H groups in total. The van der Waals surface area contributed by atoms with E-state index < -0.39 is 0 Å². The molecule has 1 amide bonds. The Morgan fingerprint density at radius 3 is 2.88 bits per heavy atom. The van der Waals surface area contributed by atoms with E-state index in [4.69, 9.17) is 0 Å². The molecule has 2 heterocycles. The van der Waals surface area contributed by atoms with Gasteiger partial charge in [0.2, 0.25) is 5.91 Å². The molecule has 0 aliphatic carbocycles. The van der Waals surface area contributed by atoms with E-state index in [0.29, 0.717) is 5.92 Å². The number of aromatic nitrogens is 1. The van der Waals surface area contributed by atoms with Crippen LogP contribution in [0.1, 0.15) is 18.4 Å². The van der Waals surface area contributed by atoms with Crippen molar-refractivity contribution in [1.29, 1.82) is 0 Å². The van der Waals surface area contributed by atoms with Gasteiger partial charge in [0.05, 0.1) is 0 Å². The predicted octanol–water partition coefficient (Wildman–Crippen LogP) is 2.05. The van der Waals surface area contributed by atoms with Crippen LogP contribution in [0.5, 0.6) is 0 Å². The van der Waals surface area contributed by atoms with Crippen LogP contribution in [0, 0.1) is 5.92 Å². The van der Waals surface area contributed by atoms with Gasteiger partial charge >= 0.3 is 0 Å². The number of rotatable bonds is 3. The zero-order valence-corrected chi connectivity index (χ0v) is 10.0. The van der Waals surface area contributed by atoms with Gasteiger partial charge in [0.25, 0.3) is 0 Å². The second-order valence-corrected chi connectivity index (χ2v) is 4.54. The van der Waals surface area contributed by atoms with Crippen LogP contribution in [0.2, 0.25) is 0 Å². The predicted molar refractivity (Wildman–Crippen MR) is 67.4 cm³/mol. The van der Waals surface area contributed by atoms with Crippen molar-refractivity contribution in [3.8, 4) is 0 Å². The summed E-state index contributed by atoms with van der Waals surface area (Å²) in [6.45, 7) is 5.24.